The van der Waals surface area contributed by atoms with Gasteiger partial charge in [-0.05, 0) is 47.2 Å². The van der Waals surface area contributed by atoms with E-state index in [1.54, 1.807) is 36.4 Å². The highest BCUT2D eigenvalue weighted by Gasteiger charge is 2.13. The third-order valence-electron chi connectivity index (χ3n) is 5.21. The zero-order valence-electron chi connectivity index (χ0n) is 18.7. The predicted molar refractivity (Wildman–Crippen MR) is 127 cm³/mol. The van der Waals surface area contributed by atoms with Gasteiger partial charge in [-0.1, -0.05) is 48.5 Å². The molecule has 0 radical (unpaired) electrons. The maximum Gasteiger partial charge on any atom is 0.290 e. The first-order chi connectivity index (χ1) is 17.5. The molecule has 36 heavy (non-hydrogen) atoms. The Bertz CT molecular complexity index is 1510. The van der Waals surface area contributed by atoms with Crippen LogP contribution in [-0.4, -0.2) is 41.8 Å². The van der Waals surface area contributed by atoms with Crippen molar-refractivity contribution in [3.63, 3.8) is 0 Å². The second-order valence-corrected chi connectivity index (χ2v) is 7.74. The summed E-state index contributed by atoms with van der Waals surface area (Å²) < 4.78 is 14.8. The first-order valence-corrected chi connectivity index (χ1v) is 10.9. The summed E-state index contributed by atoms with van der Waals surface area (Å²) in [5, 5.41) is 16.6. The lowest BCUT2D eigenvalue weighted by molar-refractivity contribution is 0.0843. The van der Waals surface area contributed by atoms with Crippen molar-refractivity contribution in [1.29, 1.82) is 0 Å². The number of hydrazine groups is 1. The molecule has 0 bridgehead atoms. The van der Waals surface area contributed by atoms with E-state index in [4.69, 9.17) is 0 Å². The van der Waals surface area contributed by atoms with E-state index in [2.05, 4.69) is 31.4 Å². The highest BCUT2D eigenvalue weighted by atomic mass is 19.1. The van der Waals surface area contributed by atoms with Crippen LogP contribution in [0.25, 0.3) is 17.1 Å². The molecular weight excluding hydrogens is 463 g/mol. The zero-order valence-corrected chi connectivity index (χ0v) is 18.7. The SMILES string of the molecule is O=C(NNC(=O)c1ccn(-c2cccc(F)c2)n1)c1ccc(Cn2nnc(-c3ccccc3)n2)cc1. The zero-order chi connectivity index (χ0) is 24.9. The molecule has 10 nitrogen and oxygen atoms in total. The molecule has 5 rings (SSSR count). The molecular formula is C25H19FN8O2. The minimum atomic E-state index is -0.610. The number of nitrogens with one attached hydrogen (secondary N) is 2. The number of aromatic nitrogens is 6. The highest BCUT2D eigenvalue weighted by molar-refractivity contribution is 5.98. The van der Waals surface area contributed by atoms with Crippen molar-refractivity contribution in [2.24, 2.45) is 0 Å². The summed E-state index contributed by atoms with van der Waals surface area (Å²) in [6.07, 6.45) is 1.52. The van der Waals surface area contributed by atoms with E-state index in [0.29, 0.717) is 23.6 Å². The minimum Gasteiger partial charge on any atom is -0.267 e. The lowest BCUT2D eigenvalue weighted by Crippen LogP contribution is -2.41. The molecule has 5 aromatic rings. The fourth-order valence-corrected chi connectivity index (χ4v) is 3.40. The van der Waals surface area contributed by atoms with Crippen LogP contribution in [-0.2, 0) is 6.54 Å². The number of carbonyl (C=O) groups is 2. The third kappa shape index (κ3) is 5.14. The van der Waals surface area contributed by atoms with Crippen LogP contribution >= 0.6 is 0 Å². The molecule has 0 aliphatic carbocycles. The molecule has 2 amide bonds. The number of hydrogen-bond donors (Lipinski definition) is 2. The Morgan fingerprint density at radius 3 is 2.39 bits per heavy atom. The van der Waals surface area contributed by atoms with Crippen LogP contribution in [0.5, 0.6) is 0 Å². The molecule has 178 valence electrons. The van der Waals surface area contributed by atoms with E-state index < -0.39 is 17.6 Å². The first-order valence-electron chi connectivity index (χ1n) is 10.9. The van der Waals surface area contributed by atoms with Gasteiger partial charge in [0, 0.05) is 17.3 Å². The molecule has 2 heterocycles. The smallest absolute Gasteiger partial charge is 0.267 e. The predicted octanol–water partition coefficient (Wildman–Crippen LogP) is 2.79. The summed E-state index contributed by atoms with van der Waals surface area (Å²) in [5.74, 6) is -0.990. The van der Waals surface area contributed by atoms with E-state index in [-0.39, 0.29) is 5.69 Å². The van der Waals surface area contributed by atoms with Crippen molar-refractivity contribution >= 4 is 11.8 Å². The molecule has 0 spiro atoms. The van der Waals surface area contributed by atoms with Crippen molar-refractivity contribution in [3.05, 3.63) is 114 Å². The maximum atomic E-state index is 13.4. The lowest BCUT2D eigenvalue weighted by Gasteiger charge is -2.07. The Morgan fingerprint density at radius 1 is 0.833 bits per heavy atom. The fourth-order valence-electron chi connectivity index (χ4n) is 3.40. The monoisotopic (exact) mass is 482 g/mol. The normalized spacial score (nSPS) is 10.7. The number of tetrazole rings is 1. The van der Waals surface area contributed by atoms with Crippen molar-refractivity contribution in [3.8, 4) is 17.1 Å². The maximum absolute atomic E-state index is 13.4. The lowest BCUT2D eigenvalue weighted by atomic mass is 10.1. The van der Waals surface area contributed by atoms with Crippen LogP contribution in [0.15, 0.2) is 91.1 Å². The fraction of sp³-hybridized carbons (Fsp3) is 0.0400. The van der Waals surface area contributed by atoms with Crippen LogP contribution < -0.4 is 10.9 Å². The van der Waals surface area contributed by atoms with Gasteiger partial charge in [-0.25, -0.2) is 9.07 Å². The van der Waals surface area contributed by atoms with Crippen molar-refractivity contribution < 1.29 is 14.0 Å². The van der Waals surface area contributed by atoms with Crippen LogP contribution in [0.4, 0.5) is 4.39 Å². The van der Waals surface area contributed by atoms with Gasteiger partial charge in [0.25, 0.3) is 11.8 Å². The Balaban J connectivity index is 1.16. The van der Waals surface area contributed by atoms with Gasteiger partial charge in [0.15, 0.2) is 5.69 Å². The Hall–Kier alpha value is -5.19. The van der Waals surface area contributed by atoms with Crippen molar-refractivity contribution in [1.82, 2.24) is 40.8 Å². The summed E-state index contributed by atoms with van der Waals surface area (Å²) >= 11 is 0. The molecule has 0 aliphatic rings. The van der Waals surface area contributed by atoms with E-state index in [1.807, 2.05) is 30.3 Å². The van der Waals surface area contributed by atoms with Gasteiger partial charge in [0.2, 0.25) is 5.82 Å². The van der Waals surface area contributed by atoms with Gasteiger partial charge in [-0.3, -0.25) is 20.4 Å². The Morgan fingerprint density at radius 2 is 1.61 bits per heavy atom. The standard InChI is InChI=1S/C25H19FN8O2/c26-20-7-4-8-21(15-20)33-14-13-22(30-33)25(36)29-28-24(35)19-11-9-17(10-12-19)16-34-31-23(27-32-34)18-5-2-1-3-6-18/h1-15H,16H2,(H,28,35)(H,29,36). The third-order valence-corrected chi connectivity index (χ3v) is 5.21. The van der Waals surface area contributed by atoms with E-state index >= 15 is 0 Å². The Labute approximate surface area is 204 Å². The number of benzene rings is 3. The first kappa shape index (κ1) is 22.6. The van der Waals surface area contributed by atoms with Gasteiger partial charge in [-0.2, -0.15) is 9.90 Å². The summed E-state index contributed by atoms with van der Waals surface area (Å²) in [4.78, 5) is 26.3. The second kappa shape index (κ2) is 9.97. The van der Waals surface area contributed by atoms with E-state index in [9.17, 15) is 14.0 Å². The van der Waals surface area contributed by atoms with Gasteiger partial charge in [-0.15, -0.1) is 10.2 Å². The van der Waals surface area contributed by atoms with Crippen LogP contribution in [0.1, 0.15) is 26.4 Å². The van der Waals surface area contributed by atoms with Gasteiger partial charge < -0.3 is 0 Å². The van der Waals surface area contributed by atoms with Crippen LogP contribution in [0, 0.1) is 5.82 Å². The largest absolute Gasteiger partial charge is 0.290 e. The average Bonchev–Trinajstić information content (AvgIpc) is 3.59. The summed E-state index contributed by atoms with van der Waals surface area (Å²) in [6, 6.07) is 23.6. The molecule has 2 N–H and O–H groups in total. The topological polar surface area (TPSA) is 120 Å². The molecule has 2 aromatic heterocycles. The number of amides is 2. The van der Waals surface area contributed by atoms with Gasteiger partial charge >= 0.3 is 0 Å². The molecule has 0 unspecified atom stereocenters. The number of nitrogens with zero attached hydrogens (tertiary/aromatic N) is 6. The molecule has 0 aliphatic heterocycles. The molecule has 0 fully saturated rings. The second-order valence-electron chi connectivity index (χ2n) is 7.74. The molecule has 0 atom stereocenters. The molecule has 11 heteroatoms. The summed E-state index contributed by atoms with van der Waals surface area (Å²) in [5.41, 5.74) is 7.30. The van der Waals surface area contributed by atoms with E-state index in [1.165, 1.54) is 33.9 Å². The van der Waals surface area contributed by atoms with Gasteiger partial charge in [0.1, 0.15) is 5.82 Å². The molecule has 0 saturated heterocycles. The van der Waals surface area contributed by atoms with Crippen LogP contribution in [0.3, 0.4) is 0 Å². The summed E-state index contributed by atoms with van der Waals surface area (Å²) in [7, 11) is 0. The average molecular weight is 482 g/mol. The van der Waals surface area contributed by atoms with Crippen LogP contribution in [0.2, 0.25) is 0 Å². The number of halogens is 1. The number of rotatable bonds is 6. The van der Waals surface area contributed by atoms with Crippen molar-refractivity contribution in [2.45, 2.75) is 6.54 Å². The van der Waals surface area contributed by atoms with Crippen molar-refractivity contribution in [2.75, 3.05) is 0 Å². The minimum absolute atomic E-state index is 0.0603. The summed E-state index contributed by atoms with van der Waals surface area (Å²) in [6.45, 7) is 0.381. The quantitative estimate of drug-likeness (QED) is 0.359. The Kier molecular flexibility index (Phi) is 6.26. The van der Waals surface area contributed by atoms with Gasteiger partial charge in [0.05, 0.1) is 12.2 Å². The molecule has 0 saturated carbocycles. The number of hydrogen-bond acceptors (Lipinski definition) is 6. The molecule has 3 aromatic carbocycles. The number of carbonyl (C=O) groups excluding carboxylic acids is 2. The van der Waals surface area contributed by atoms with E-state index in [0.717, 1.165) is 11.1 Å². The highest BCUT2D eigenvalue weighted by Crippen LogP contribution is 2.13.